The third kappa shape index (κ3) is 5.23. The molecule has 184 valence electrons. The number of aliphatic hydroxyl groups is 1. The van der Waals surface area contributed by atoms with Crippen LogP contribution in [-0.2, 0) is 6.61 Å². The summed E-state index contributed by atoms with van der Waals surface area (Å²) in [5.41, 5.74) is 8.09. The summed E-state index contributed by atoms with van der Waals surface area (Å²) in [6.45, 7) is -0.140. The highest BCUT2D eigenvalue weighted by atomic mass is 35.5. The highest BCUT2D eigenvalue weighted by Crippen LogP contribution is 2.33. The number of Topliss-reactive ketones (excluding diaryl/α,β-unsaturated/α-hetero) is 1. The molecule has 4 N–H and O–H groups in total. The highest BCUT2D eigenvalue weighted by molar-refractivity contribution is 7.18. The summed E-state index contributed by atoms with van der Waals surface area (Å²) in [5, 5.41) is 20.0. The van der Waals surface area contributed by atoms with E-state index in [-0.39, 0.29) is 42.6 Å². The number of carbonyl (C=O) groups excluding carboxylic acids is 2. The van der Waals surface area contributed by atoms with E-state index in [4.69, 9.17) is 32.6 Å². The summed E-state index contributed by atoms with van der Waals surface area (Å²) in [6.07, 6.45) is 1.33. The van der Waals surface area contributed by atoms with Gasteiger partial charge in [-0.3, -0.25) is 9.59 Å². The smallest absolute Gasteiger partial charge is 0.258 e. The van der Waals surface area contributed by atoms with Crippen LogP contribution in [0.1, 0.15) is 32.7 Å². The maximum atomic E-state index is 13.0. The lowest BCUT2D eigenvalue weighted by Crippen LogP contribution is -2.26. The summed E-state index contributed by atoms with van der Waals surface area (Å²) in [6, 6.07) is 13.8. The number of carbonyl (C=O) groups is 2. The van der Waals surface area contributed by atoms with E-state index in [1.165, 1.54) is 22.4 Å². The molecule has 0 aliphatic carbocycles. The average Bonchev–Trinajstić information content (AvgIpc) is 3.32. The molecule has 0 spiro atoms. The molecule has 8 nitrogen and oxygen atoms in total. The Morgan fingerprint density at radius 2 is 1.97 bits per heavy atom. The number of hydrogen-bond donors (Lipinski definition) is 3. The van der Waals surface area contributed by atoms with Crippen molar-refractivity contribution in [2.24, 2.45) is 0 Å². The number of ketones is 1. The molecule has 0 aliphatic rings. The molecule has 0 saturated heterocycles. The van der Waals surface area contributed by atoms with Gasteiger partial charge in [0.25, 0.3) is 5.91 Å². The maximum Gasteiger partial charge on any atom is 0.258 e. The molecule has 4 aromatic rings. The number of nitrogens with zero attached hydrogens (tertiary/aromatic N) is 2. The molecule has 2 heterocycles. The van der Waals surface area contributed by atoms with Crippen LogP contribution in [0, 0.1) is 5.41 Å². The molecule has 0 unspecified atom stereocenters. The van der Waals surface area contributed by atoms with Gasteiger partial charge in [-0.15, -0.1) is 11.3 Å². The average molecular weight is 523 g/mol. The minimum absolute atomic E-state index is 0.0334. The minimum Gasteiger partial charge on any atom is -0.489 e. The third-order valence-corrected chi connectivity index (χ3v) is 6.89. The Morgan fingerprint density at radius 1 is 1.22 bits per heavy atom. The van der Waals surface area contributed by atoms with Crippen molar-refractivity contribution in [2.75, 3.05) is 24.3 Å². The zero-order valence-electron chi connectivity index (χ0n) is 19.3. The first-order valence-corrected chi connectivity index (χ1v) is 12.2. The Morgan fingerprint density at radius 3 is 2.69 bits per heavy atom. The topological polar surface area (TPSA) is 130 Å². The number of nitrogen functional groups attached to an aromatic ring is 1. The monoisotopic (exact) mass is 522 g/mol. The van der Waals surface area contributed by atoms with E-state index in [9.17, 15) is 9.59 Å². The Balaban J connectivity index is 1.54. The van der Waals surface area contributed by atoms with Gasteiger partial charge in [-0.1, -0.05) is 17.7 Å². The van der Waals surface area contributed by atoms with Gasteiger partial charge in [0.15, 0.2) is 0 Å². The largest absolute Gasteiger partial charge is 0.489 e. The lowest BCUT2D eigenvalue weighted by Gasteiger charge is -2.18. The zero-order chi connectivity index (χ0) is 25.8. The normalized spacial score (nSPS) is 10.9. The Labute approximate surface area is 216 Å². The van der Waals surface area contributed by atoms with E-state index < -0.39 is 5.78 Å². The van der Waals surface area contributed by atoms with E-state index in [0.29, 0.717) is 32.1 Å². The Hall–Kier alpha value is -3.79. The van der Waals surface area contributed by atoms with Gasteiger partial charge in [0.1, 0.15) is 18.2 Å². The highest BCUT2D eigenvalue weighted by Gasteiger charge is 2.20. The Kier molecular flexibility index (Phi) is 7.64. The first-order chi connectivity index (χ1) is 17.3. The molecular weight excluding hydrogens is 500 g/mol. The van der Waals surface area contributed by atoms with E-state index in [1.807, 2.05) is 5.38 Å². The minimum atomic E-state index is -0.494. The summed E-state index contributed by atoms with van der Waals surface area (Å²) >= 11 is 7.26. The van der Waals surface area contributed by atoms with Crippen molar-refractivity contribution in [1.82, 2.24) is 4.98 Å². The molecule has 0 radical (unpaired) electrons. The summed E-state index contributed by atoms with van der Waals surface area (Å²) in [7, 11) is 1.69. The van der Waals surface area contributed by atoms with Crippen molar-refractivity contribution in [3.05, 3.63) is 81.8 Å². The van der Waals surface area contributed by atoms with Crippen molar-refractivity contribution in [2.45, 2.75) is 13.0 Å². The van der Waals surface area contributed by atoms with E-state index >= 15 is 0 Å². The third-order valence-electron chi connectivity index (χ3n) is 5.58. The lowest BCUT2D eigenvalue weighted by molar-refractivity contribution is 0.0991. The van der Waals surface area contributed by atoms with Crippen LogP contribution >= 0.6 is 22.9 Å². The number of halogens is 1. The fraction of sp³-hybridized carbons (Fsp3) is 0.154. The van der Waals surface area contributed by atoms with Crippen molar-refractivity contribution in [3.63, 3.8) is 0 Å². The van der Waals surface area contributed by atoms with Crippen LogP contribution < -0.4 is 15.4 Å². The van der Waals surface area contributed by atoms with Gasteiger partial charge in [-0.05, 0) is 47.8 Å². The van der Waals surface area contributed by atoms with Gasteiger partial charge in [0, 0.05) is 53.5 Å². The van der Waals surface area contributed by atoms with Gasteiger partial charge in [0.2, 0.25) is 5.78 Å². The lowest BCUT2D eigenvalue weighted by atomic mass is 10.0. The number of rotatable bonds is 9. The summed E-state index contributed by atoms with van der Waals surface area (Å²) in [5.74, 6) is 0.0503. The molecule has 1 amide bonds. The van der Waals surface area contributed by atoms with Crippen molar-refractivity contribution < 1.29 is 19.4 Å². The van der Waals surface area contributed by atoms with E-state index in [1.54, 1.807) is 55.6 Å². The number of nitrogens with two attached hydrogens (primary N) is 1. The van der Waals surface area contributed by atoms with Crippen LogP contribution in [0.25, 0.3) is 10.1 Å². The SMILES string of the molecule is CN(C(=O)c1cccc(OCc2csc3c(C(=O)C(=N)CCO)cnc(N)c23)c1)c1ccc(Cl)cc1. The first-order valence-electron chi connectivity index (χ1n) is 10.9. The second-order valence-corrected chi connectivity index (χ2v) is 9.28. The van der Waals surface area contributed by atoms with Crippen molar-refractivity contribution in [3.8, 4) is 5.75 Å². The molecule has 0 saturated carbocycles. The number of aromatic nitrogens is 1. The molecule has 0 aliphatic heterocycles. The summed E-state index contributed by atoms with van der Waals surface area (Å²) in [4.78, 5) is 31.3. The molecule has 4 rings (SSSR count). The molecule has 0 fully saturated rings. The van der Waals surface area contributed by atoms with Gasteiger partial charge >= 0.3 is 0 Å². The van der Waals surface area contributed by atoms with Crippen LogP contribution in [0.5, 0.6) is 5.75 Å². The number of nitrogens with one attached hydrogen (secondary N) is 1. The number of fused-ring (bicyclic) bond motifs is 1. The molecule has 0 bridgehead atoms. The molecule has 2 aromatic heterocycles. The summed E-state index contributed by atoms with van der Waals surface area (Å²) < 4.78 is 6.58. The van der Waals surface area contributed by atoms with Crippen LogP contribution in [-0.4, -0.2) is 41.1 Å². The van der Waals surface area contributed by atoms with Crippen LogP contribution in [0.3, 0.4) is 0 Å². The maximum absolute atomic E-state index is 13.0. The predicted octanol–water partition coefficient (Wildman–Crippen LogP) is 4.97. The predicted molar refractivity (Wildman–Crippen MR) is 143 cm³/mol. The number of ether oxygens (including phenoxy) is 1. The fourth-order valence-corrected chi connectivity index (χ4v) is 4.84. The van der Waals surface area contributed by atoms with Gasteiger partial charge in [-0.2, -0.15) is 0 Å². The van der Waals surface area contributed by atoms with Gasteiger partial charge in [-0.25, -0.2) is 4.98 Å². The number of benzene rings is 2. The van der Waals surface area contributed by atoms with Gasteiger partial charge in [0.05, 0.1) is 16.0 Å². The molecule has 10 heteroatoms. The molecular formula is C26H23ClN4O4S. The fourth-order valence-electron chi connectivity index (χ4n) is 3.64. The number of aliphatic hydroxyl groups excluding tert-OH is 1. The zero-order valence-corrected chi connectivity index (χ0v) is 20.9. The van der Waals surface area contributed by atoms with E-state index in [2.05, 4.69) is 4.98 Å². The van der Waals surface area contributed by atoms with E-state index in [0.717, 1.165) is 5.56 Å². The standard InChI is InChI=1S/C26H23ClN4O4S/c1-31(18-7-5-17(27)6-8-18)26(34)15-3-2-4-19(11-15)35-13-16-14-36-24-20(12-30-25(29)22(16)24)23(33)21(28)9-10-32/h2-8,11-12,14,28,32H,9-10,13H2,1H3,(H2,29,30). The second kappa shape index (κ2) is 10.9. The number of pyridine rings is 1. The van der Waals surface area contributed by atoms with Gasteiger partial charge < -0.3 is 25.9 Å². The van der Waals surface area contributed by atoms with Crippen molar-refractivity contribution in [1.29, 1.82) is 5.41 Å². The number of anilines is 2. The second-order valence-electron chi connectivity index (χ2n) is 7.96. The Bertz CT molecular complexity index is 1450. The van der Waals surface area contributed by atoms with Crippen LogP contribution in [0.2, 0.25) is 5.02 Å². The van der Waals surface area contributed by atoms with Crippen LogP contribution in [0.15, 0.2) is 60.1 Å². The van der Waals surface area contributed by atoms with Crippen molar-refractivity contribution >= 4 is 61.9 Å². The van der Waals surface area contributed by atoms with Crippen LogP contribution in [0.4, 0.5) is 11.5 Å². The molecule has 2 aromatic carbocycles. The molecule has 36 heavy (non-hydrogen) atoms. The number of thiophene rings is 1. The molecule has 0 atom stereocenters. The number of amides is 1. The first kappa shape index (κ1) is 25.3. The quantitative estimate of drug-likeness (QED) is 0.210. The number of hydrogen-bond acceptors (Lipinski definition) is 8.